The Morgan fingerprint density at radius 1 is 1.00 bits per heavy atom. The van der Waals surface area contributed by atoms with Gasteiger partial charge in [0, 0.05) is 6.04 Å². The second-order valence-corrected chi connectivity index (χ2v) is 5.03. The van der Waals surface area contributed by atoms with Gasteiger partial charge < -0.3 is 10.1 Å². The third-order valence-corrected chi connectivity index (χ3v) is 3.84. The first-order valence-corrected chi connectivity index (χ1v) is 6.79. The van der Waals surface area contributed by atoms with Gasteiger partial charge in [0.2, 0.25) is 0 Å². The van der Waals surface area contributed by atoms with Crippen molar-refractivity contribution in [2.24, 2.45) is 0 Å². The van der Waals surface area contributed by atoms with Gasteiger partial charge in [0.1, 0.15) is 0 Å². The van der Waals surface area contributed by atoms with Crippen molar-refractivity contribution in [1.29, 1.82) is 0 Å². The Balaban J connectivity index is 1.80. The number of nitrogens with one attached hydrogen (secondary N) is 1. The standard InChI is InChI=1S/C13H25NO/c1-2-14-12-9-5-6-10-13(12)15-11-7-3-4-8-11/h11-14H,2-10H2,1H3. The third kappa shape index (κ3) is 3.18. The van der Waals surface area contributed by atoms with E-state index >= 15 is 0 Å². The van der Waals surface area contributed by atoms with E-state index in [9.17, 15) is 0 Å². The van der Waals surface area contributed by atoms with Crippen molar-refractivity contribution in [3.8, 4) is 0 Å². The van der Waals surface area contributed by atoms with Crippen LogP contribution in [0.5, 0.6) is 0 Å². The SMILES string of the molecule is CCNC1CCCCC1OC1CCCC1. The van der Waals surface area contributed by atoms with Crippen LogP contribution in [-0.2, 0) is 4.74 Å². The second kappa shape index (κ2) is 5.86. The number of hydrogen-bond acceptors (Lipinski definition) is 2. The zero-order chi connectivity index (χ0) is 10.5. The number of likely N-dealkylation sites (N-methyl/N-ethyl adjacent to an activating group) is 1. The van der Waals surface area contributed by atoms with Crippen molar-refractivity contribution in [1.82, 2.24) is 5.32 Å². The topological polar surface area (TPSA) is 21.3 Å². The minimum absolute atomic E-state index is 0.502. The van der Waals surface area contributed by atoms with E-state index in [1.54, 1.807) is 0 Å². The molecule has 0 aromatic heterocycles. The molecule has 2 saturated carbocycles. The van der Waals surface area contributed by atoms with E-state index in [2.05, 4.69) is 12.2 Å². The molecular weight excluding hydrogens is 186 g/mol. The largest absolute Gasteiger partial charge is 0.373 e. The fourth-order valence-corrected chi connectivity index (χ4v) is 3.03. The van der Waals surface area contributed by atoms with Gasteiger partial charge in [-0.25, -0.2) is 0 Å². The first-order valence-electron chi connectivity index (χ1n) is 6.79. The molecule has 0 aromatic carbocycles. The molecule has 0 aliphatic heterocycles. The lowest BCUT2D eigenvalue weighted by Crippen LogP contribution is -2.44. The van der Waals surface area contributed by atoms with Crippen molar-refractivity contribution in [2.75, 3.05) is 6.54 Å². The average molecular weight is 211 g/mol. The fourth-order valence-electron chi connectivity index (χ4n) is 3.03. The monoisotopic (exact) mass is 211 g/mol. The Labute approximate surface area is 93.8 Å². The summed E-state index contributed by atoms with van der Waals surface area (Å²) in [5, 5.41) is 3.58. The first-order chi connectivity index (χ1) is 7.40. The zero-order valence-corrected chi connectivity index (χ0v) is 10.0. The molecule has 1 N–H and O–H groups in total. The van der Waals surface area contributed by atoms with Crippen LogP contribution in [-0.4, -0.2) is 24.8 Å². The van der Waals surface area contributed by atoms with Gasteiger partial charge in [-0.05, 0) is 32.2 Å². The third-order valence-electron chi connectivity index (χ3n) is 3.84. The van der Waals surface area contributed by atoms with Crippen LogP contribution in [0.3, 0.4) is 0 Å². The molecular formula is C13H25NO. The van der Waals surface area contributed by atoms with Crippen LogP contribution in [0.4, 0.5) is 0 Å². The molecule has 2 fully saturated rings. The van der Waals surface area contributed by atoms with Crippen molar-refractivity contribution in [3.63, 3.8) is 0 Å². The minimum Gasteiger partial charge on any atom is -0.373 e. The number of ether oxygens (including phenoxy) is 1. The molecule has 2 nitrogen and oxygen atoms in total. The van der Waals surface area contributed by atoms with Gasteiger partial charge >= 0.3 is 0 Å². The van der Waals surface area contributed by atoms with Crippen LogP contribution in [0.2, 0.25) is 0 Å². The van der Waals surface area contributed by atoms with E-state index in [0.29, 0.717) is 18.2 Å². The lowest BCUT2D eigenvalue weighted by Gasteiger charge is -2.34. The quantitative estimate of drug-likeness (QED) is 0.772. The minimum atomic E-state index is 0.502. The summed E-state index contributed by atoms with van der Waals surface area (Å²) in [6.07, 6.45) is 11.8. The highest BCUT2D eigenvalue weighted by Crippen LogP contribution is 2.28. The molecule has 0 spiro atoms. The summed E-state index contributed by atoms with van der Waals surface area (Å²) in [4.78, 5) is 0. The van der Waals surface area contributed by atoms with Crippen LogP contribution in [0, 0.1) is 0 Å². The van der Waals surface area contributed by atoms with Crippen molar-refractivity contribution in [3.05, 3.63) is 0 Å². The van der Waals surface area contributed by atoms with E-state index in [0.717, 1.165) is 6.54 Å². The highest BCUT2D eigenvalue weighted by atomic mass is 16.5. The predicted octanol–water partition coefficient (Wildman–Crippen LogP) is 2.87. The molecule has 0 bridgehead atoms. The van der Waals surface area contributed by atoms with E-state index in [-0.39, 0.29) is 0 Å². The van der Waals surface area contributed by atoms with Gasteiger partial charge in [-0.15, -0.1) is 0 Å². The Morgan fingerprint density at radius 2 is 1.67 bits per heavy atom. The normalized spacial score (nSPS) is 33.4. The van der Waals surface area contributed by atoms with Gasteiger partial charge in [-0.1, -0.05) is 32.6 Å². The van der Waals surface area contributed by atoms with Gasteiger partial charge in [0.05, 0.1) is 12.2 Å². The Morgan fingerprint density at radius 3 is 2.40 bits per heavy atom. The summed E-state index contributed by atoms with van der Waals surface area (Å²) >= 11 is 0. The van der Waals surface area contributed by atoms with Crippen molar-refractivity contribution < 1.29 is 4.74 Å². The maximum atomic E-state index is 6.25. The molecule has 2 atom stereocenters. The molecule has 0 amide bonds. The second-order valence-electron chi connectivity index (χ2n) is 5.03. The highest BCUT2D eigenvalue weighted by Gasteiger charge is 2.28. The average Bonchev–Trinajstić information content (AvgIpc) is 2.74. The Hall–Kier alpha value is -0.0800. The summed E-state index contributed by atoms with van der Waals surface area (Å²) in [7, 11) is 0. The van der Waals surface area contributed by atoms with E-state index in [1.165, 1.54) is 51.4 Å². The molecule has 2 heteroatoms. The van der Waals surface area contributed by atoms with Gasteiger partial charge in [0.25, 0.3) is 0 Å². The predicted molar refractivity (Wildman–Crippen MR) is 63.1 cm³/mol. The molecule has 0 radical (unpaired) electrons. The molecule has 2 aliphatic carbocycles. The van der Waals surface area contributed by atoms with Crippen LogP contribution in [0.15, 0.2) is 0 Å². The summed E-state index contributed by atoms with van der Waals surface area (Å²) < 4.78 is 6.25. The van der Waals surface area contributed by atoms with Gasteiger partial charge in [0.15, 0.2) is 0 Å². The van der Waals surface area contributed by atoms with Crippen molar-refractivity contribution in [2.45, 2.75) is 76.5 Å². The summed E-state index contributed by atoms with van der Waals surface area (Å²) in [5.74, 6) is 0. The van der Waals surface area contributed by atoms with E-state index in [1.807, 2.05) is 0 Å². The molecule has 2 rings (SSSR count). The Bertz CT molecular complexity index is 175. The molecule has 2 unspecified atom stereocenters. The fraction of sp³-hybridized carbons (Fsp3) is 1.00. The van der Waals surface area contributed by atoms with Crippen LogP contribution < -0.4 is 5.32 Å². The van der Waals surface area contributed by atoms with Crippen molar-refractivity contribution >= 4 is 0 Å². The van der Waals surface area contributed by atoms with Crippen LogP contribution in [0.25, 0.3) is 0 Å². The van der Waals surface area contributed by atoms with Gasteiger partial charge in [-0.2, -0.15) is 0 Å². The first kappa shape index (κ1) is 11.4. The molecule has 0 saturated heterocycles. The highest BCUT2D eigenvalue weighted by molar-refractivity contribution is 4.83. The maximum Gasteiger partial charge on any atom is 0.0731 e. The lowest BCUT2D eigenvalue weighted by molar-refractivity contribution is -0.0429. The lowest BCUT2D eigenvalue weighted by atomic mass is 9.92. The molecule has 88 valence electrons. The van der Waals surface area contributed by atoms with Crippen LogP contribution >= 0.6 is 0 Å². The summed E-state index contributed by atoms with van der Waals surface area (Å²) in [6, 6.07) is 0.629. The zero-order valence-electron chi connectivity index (χ0n) is 10.0. The maximum absolute atomic E-state index is 6.25. The number of rotatable bonds is 4. The Kier molecular flexibility index (Phi) is 4.45. The van der Waals surface area contributed by atoms with E-state index < -0.39 is 0 Å². The number of hydrogen-bond donors (Lipinski definition) is 1. The summed E-state index contributed by atoms with van der Waals surface area (Å²) in [5.41, 5.74) is 0. The van der Waals surface area contributed by atoms with E-state index in [4.69, 9.17) is 4.74 Å². The molecule has 15 heavy (non-hydrogen) atoms. The molecule has 0 aromatic rings. The molecule has 0 heterocycles. The smallest absolute Gasteiger partial charge is 0.0731 e. The van der Waals surface area contributed by atoms with Crippen LogP contribution in [0.1, 0.15) is 58.3 Å². The van der Waals surface area contributed by atoms with Gasteiger partial charge in [-0.3, -0.25) is 0 Å². The molecule has 2 aliphatic rings. The summed E-state index contributed by atoms with van der Waals surface area (Å²) in [6.45, 7) is 3.27.